The van der Waals surface area contributed by atoms with E-state index < -0.39 is 0 Å². The van der Waals surface area contributed by atoms with Crippen LogP contribution in [0, 0.1) is 5.92 Å². The molecule has 0 aromatic heterocycles. The summed E-state index contributed by atoms with van der Waals surface area (Å²) in [4.78, 5) is 2.80. The van der Waals surface area contributed by atoms with Crippen molar-refractivity contribution < 1.29 is 0 Å². The van der Waals surface area contributed by atoms with Crippen molar-refractivity contribution >= 4 is 0 Å². The lowest BCUT2D eigenvalue weighted by Crippen LogP contribution is -2.60. The normalized spacial score (nSPS) is 31.3. The lowest BCUT2D eigenvalue weighted by Gasteiger charge is -2.50. The molecule has 0 aromatic carbocycles. The first-order valence-corrected chi connectivity index (χ1v) is 7.25. The molecule has 2 heteroatoms. The van der Waals surface area contributed by atoms with Crippen LogP contribution in [0.1, 0.15) is 58.8 Å². The molecule has 1 aliphatic carbocycles. The molecule has 0 radical (unpaired) electrons. The Bertz CT molecular complexity index is 219. The van der Waals surface area contributed by atoms with Crippen molar-refractivity contribution in [2.45, 2.75) is 70.4 Å². The highest BCUT2D eigenvalue weighted by atomic mass is 15.2. The smallest absolute Gasteiger partial charge is 0.0360 e. The molecule has 94 valence electrons. The highest BCUT2D eigenvalue weighted by molar-refractivity contribution is 5.04. The van der Waals surface area contributed by atoms with Crippen LogP contribution < -0.4 is 5.73 Å². The largest absolute Gasteiger partial charge is 0.329 e. The quantitative estimate of drug-likeness (QED) is 0.778. The van der Waals surface area contributed by atoms with Crippen molar-refractivity contribution in [3.05, 3.63) is 0 Å². The van der Waals surface area contributed by atoms with Gasteiger partial charge in [-0.15, -0.1) is 0 Å². The third kappa shape index (κ3) is 2.02. The van der Waals surface area contributed by atoms with Gasteiger partial charge in [0.25, 0.3) is 0 Å². The second-order valence-corrected chi connectivity index (χ2v) is 5.69. The van der Waals surface area contributed by atoms with E-state index in [1.165, 1.54) is 51.5 Å². The van der Waals surface area contributed by atoms with Crippen molar-refractivity contribution in [3.63, 3.8) is 0 Å². The Kier molecular flexibility index (Phi) is 3.91. The van der Waals surface area contributed by atoms with Crippen LogP contribution >= 0.6 is 0 Å². The summed E-state index contributed by atoms with van der Waals surface area (Å²) in [6, 6.07) is 0.804. The molecule has 1 saturated heterocycles. The van der Waals surface area contributed by atoms with E-state index in [0.717, 1.165) is 18.5 Å². The van der Waals surface area contributed by atoms with E-state index in [4.69, 9.17) is 5.73 Å². The summed E-state index contributed by atoms with van der Waals surface area (Å²) in [5.74, 6) is 0.898. The van der Waals surface area contributed by atoms with Crippen LogP contribution in [0.4, 0.5) is 0 Å². The maximum absolute atomic E-state index is 6.17. The van der Waals surface area contributed by atoms with Gasteiger partial charge in [-0.05, 0) is 51.0 Å². The molecule has 1 saturated carbocycles. The SMILES string of the molecule is CCC1CCCCN1C(CC)(CN)C1CC1. The Balaban J connectivity index is 2.16. The van der Waals surface area contributed by atoms with E-state index in [9.17, 15) is 0 Å². The fourth-order valence-electron chi connectivity index (χ4n) is 3.79. The van der Waals surface area contributed by atoms with E-state index in [2.05, 4.69) is 18.7 Å². The Morgan fingerprint density at radius 1 is 1.19 bits per heavy atom. The van der Waals surface area contributed by atoms with E-state index in [1.807, 2.05) is 0 Å². The zero-order chi connectivity index (χ0) is 11.6. The van der Waals surface area contributed by atoms with Crippen molar-refractivity contribution in [2.75, 3.05) is 13.1 Å². The topological polar surface area (TPSA) is 29.3 Å². The molecular formula is C14H28N2. The number of rotatable bonds is 5. The molecule has 0 spiro atoms. The van der Waals surface area contributed by atoms with Crippen LogP contribution in [0.25, 0.3) is 0 Å². The molecule has 2 rings (SSSR count). The fourth-order valence-corrected chi connectivity index (χ4v) is 3.79. The Morgan fingerprint density at radius 3 is 2.44 bits per heavy atom. The van der Waals surface area contributed by atoms with Crippen molar-refractivity contribution in [3.8, 4) is 0 Å². The van der Waals surface area contributed by atoms with E-state index in [1.54, 1.807) is 0 Å². The summed E-state index contributed by atoms with van der Waals surface area (Å²) in [5.41, 5.74) is 6.51. The van der Waals surface area contributed by atoms with Crippen LogP contribution in [0.2, 0.25) is 0 Å². The Labute approximate surface area is 101 Å². The average Bonchev–Trinajstić information content (AvgIpc) is 3.17. The number of hydrogen-bond acceptors (Lipinski definition) is 2. The van der Waals surface area contributed by atoms with Gasteiger partial charge < -0.3 is 5.73 Å². The van der Waals surface area contributed by atoms with Crippen molar-refractivity contribution in [1.29, 1.82) is 0 Å². The molecule has 2 aliphatic rings. The third-order valence-electron chi connectivity index (χ3n) is 4.97. The Morgan fingerprint density at radius 2 is 1.94 bits per heavy atom. The van der Waals surface area contributed by atoms with Gasteiger partial charge in [-0.25, -0.2) is 0 Å². The zero-order valence-corrected chi connectivity index (χ0v) is 11.0. The van der Waals surface area contributed by atoms with Gasteiger partial charge in [0.15, 0.2) is 0 Å². The number of nitrogens with two attached hydrogens (primary N) is 1. The molecule has 2 nitrogen and oxygen atoms in total. The predicted octanol–water partition coefficient (Wildman–Crippen LogP) is 2.77. The fraction of sp³-hybridized carbons (Fsp3) is 1.00. The molecule has 2 unspecified atom stereocenters. The lowest BCUT2D eigenvalue weighted by molar-refractivity contribution is 0.00206. The van der Waals surface area contributed by atoms with E-state index in [-0.39, 0.29) is 0 Å². The summed E-state index contributed by atoms with van der Waals surface area (Å²) in [5, 5.41) is 0. The zero-order valence-electron chi connectivity index (χ0n) is 11.0. The summed E-state index contributed by atoms with van der Waals surface area (Å²) in [7, 11) is 0. The number of hydrogen-bond donors (Lipinski definition) is 1. The first kappa shape index (κ1) is 12.4. The van der Waals surface area contributed by atoms with Gasteiger partial charge in [-0.1, -0.05) is 20.3 Å². The highest BCUT2D eigenvalue weighted by Gasteiger charge is 2.48. The van der Waals surface area contributed by atoms with Crippen molar-refractivity contribution in [1.82, 2.24) is 4.90 Å². The molecule has 2 fully saturated rings. The monoisotopic (exact) mass is 224 g/mol. The van der Waals surface area contributed by atoms with Gasteiger partial charge in [-0.2, -0.15) is 0 Å². The van der Waals surface area contributed by atoms with Gasteiger partial charge in [0.2, 0.25) is 0 Å². The lowest BCUT2D eigenvalue weighted by atomic mass is 9.83. The minimum Gasteiger partial charge on any atom is -0.329 e. The van der Waals surface area contributed by atoms with Gasteiger partial charge in [0.05, 0.1) is 0 Å². The van der Waals surface area contributed by atoms with E-state index in [0.29, 0.717) is 5.54 Å². The molecule has 0 aromatic rings. The molecule has 0 bridgehead atoms. The first-order chi connectivity index (χ1) is 7.78. The summed E-state index contributed by atoms with van der Waals surface area (Å²) in [6.07, 6.45) is 9.56. The van der Waals surface area contributed by atoms with Crippen LogP contribution in [-0.4, -0.2) is 29.6 Å². The van der Waals surface area contributed by atoms with Crippen LogP contribution in [0.15, 0.2) is 0 Å². The predicted molar refractivity (Wildman–Crippen MR) is 69.4 cm³/mol. The summed E-state index contributed by atoms with van der Waals surface area (Å²) in [6.45, 7) is 6.84. The molecular weight excluding hydrogens is 196 g/mol. The summed E-state index contributed by atoms with van der Waals surface area (Å²) >= 11 is 0. The van der Waals surface area contributed by atoms with Gasteiger partial charge in [0, 0.05) is 18.1 Å². The van der Waals surface area contributed by atoms with Crippen molar-refractivity contribution in [2.24, 2.45) is 11.7 Å². The van der Waals surface area contributed by atoms with Crippen LogP contribution in [-0.2, 0) is 0 Å². The average molecular weight is 224 g/mol. The molecule has 0 amide bonds. The molecule has 2 atom stereocenters. The first-order valence-electron chi connectivity index (χ1n) is 7.25. The summed E-state index contributed by atoms with van der Waals surface area (Å²) < 4.78 is 0. The maximum Gasteiger partial charge on any atom is 0.0360 e. The second kappa shape index (κ2) is 5.05. The number of piperidine rings is 1. The maximum atomic E-state index is 6.17. The van der Waals surface area contributed by atoms with E-state index >= 15 is 0 Å². The second-order valence-electron chi connectivity index (χ2n) is 5.69. The van der Waals surface area contributed by atoms with Crippen LogP contribution in [0.3, 0.4) is 0 Å². The van der Waals surface area contributed by atoms with Crippen LogP contribution in [0.5, 0.6) is 0 Å². The molecule has 1 heterocycles. The minimum atomic E-state index is 0.348. The van der Waals surface area contributed by atoms with Gasteiger partial charge >= 0.3 is 0 Å². The number of likely N-dealkylation sites (tertiary alicyclic amines) is 1. The highest BCUT2D eigenvalue weighted by Crippen LogP contribution is 2.46. The molecule has 2 N–H and O–H groups in total. The Hall–Kier alpha value is -0.0800. The standard InChI is InChI=1S/C14H28N2/c1-3-13-7-5-6-10-16(13)14(4-2,11-15)12-8-9-12/h12-13H,3-11,15H2,1-2H3. The number of nitrogens with zero attached hydrogens (tertiary/aromatic N) is 1. The molecule has 16 heavy (non-hydrogen) atoms. The minimum absolute atomic E-state index is 0.348. The van der Waals surface area contributed by atoms with Gasteiger partial charge in [0.1, 0.15) is 0 Å². The third-order valence-corrected chi connectivity index (χ3v) is 4.97. The molecule has 1 aliphatic heterocycles. The van der Waals surface area contributed by atoms with Gasteiger partial charge in [-0.3, -0.25) is 4.90 Å².